The van der Waals surface area contributed by atoms with Crippen LogP contribution in [0.2, 0.25) is 0 Å². The van der Waals surface area contributed by atoms with Crippen LogP contribution in [0.15, 0.2) is 24.3 Å². The maximum absolute atomic E-state index is 11.5. The number of nitrogens with two attached hydrogens (primary N) is 1. The molecule has 0 aliphatic heterocycles. The Morgan fingerprint density at radius 1 is 1.38 bits per heavy atom. The van der Waals surface area contributed by atoms with E-state index in [0.29, 0.717) is 5.56 Å². The van der Waals surface area contributed by atoms with Crippen LogP contribution in [-0.2, 0) is 15.6 Å². The molecule has 0 saturated carbocycles. The van der Waals surface area contributed by atoms with Crippen LogP contribution in [0.5, 0.6) is 0 Å². The minimum Gasteiger partial charge on any atom is -0.478 e. The fourth-order valence-corrected chi connectivity index (χ4v) is 2.49. The van der Waals surface area contributed by atoms with Gasteiger partial charge in [0.15, 0.2) is 9.84 Å². The van der Waals surface area contributed by atoms with Crippen molar-refractivity contribution in [2.24, 2.45) is 5.73 Å². The lowest BCUT2D eigenvalue weighted by Crippen LogP contribution is -2.17. The van der Waals surface area contributed by atoms with Crippen molar-refractivity contribution in [3.05, 3.63) is 35.4 Å². The first kappa shape index (κ1) is 12.7. The number of sulfone groups is 1. The zero-order chi connectivity index (χ0) is 12.2. The van der Waals surface area contributed by atoms with E-state index >= 15 is 0 Å². The second-order valence-electron chi connectivity index (χ2n) is 3.39. The smallest absolute Gasteiger partial charge is 0.335 e. The first-order chi connectivity index (χ1) is 7.44. The molecule has 0 heterocycles. The van der Waals surface area contributed by atoms with Crippen LogP contribution in [0.1, 0.15) is 15.9 Å². The van der Waals surface area contributed by atoms with Crippen LogP contribution in [-0.4, -0.2) is 31.8 Å². The third-order valence-corrected chi connectivity index (χ3v) is 3.62. The molecule has 0 radical (unpaired) electrons. The van der Waals surface area contributed by atoms with Crippen molar-refractivity contribution < 1.29 is 18.3 Å². The SMILES string of the molecule is NCCS(=O)(=O)Cc1cccc(C(=O)O)c1. The van der Waals surface area contributed by atoms with Crippen molar-refractivity contribution in [1.29, 1.82) is 0 Å². The van der Waals surface area contributed by atoms with Gasteiger partial charge in [-0.3, -0.25) is 0 Å². The highest BCUT2D eigenvalue weighted by molar-refractivity contribution is 7.90. The van der Waals surface area contributed by atoms with Gasteiger partial charge in [-0.05, 0) is 17.7 Å². The largest absolute Gasteiger partial charge is 0.478 e. The van der Waals surface area contributed by atoms with Gasteiger partial charge < -0.3 is 10.8 Å². The molecule has 0 unspecified atom stereocenters. The predicted octanol–water partition coefficient (Wildman–Crippen LogP) is 0.258. The quantitative estimate of drug-likeness (QED) is 0.773. The Morgan fingerprint density at radius 2 is 2.06 bits per heavy atom. The van der Waals surface area contributed by atoms with Gasteiger partial charge >= 0.3 is 5.97 Å². The number of rotatable bonds is 5. The lowest BCUT2D eigenvalue weighted by molar-refractivity contribution is 0.0696. The van der Waals surface area contributed by atoms with Gasteiger partial charge in [-0.2, -0.15) is 0 Å². The highest BCUT2D eigenvalue weighted by Gasteiger charge is 2.12. The zero-order valence-electron chi connectivity index (χ0n) is 8.59. The molecule has 0 fully saturated rings. The molecular weight excluding hydrogens is 230 g/mol. The number of carboxylic acid groups (broad SMARTS) is 1. The van der Waals surface area contributed by atoms with Crippen molar-refractivity contribution in [1.82, 2.24) is 0 Å². The first-order valence-corrected chi connectivity index (χ1v) is 6.49. The summed E-state index contributed by atoms with van der Waals surface area (Å²) in [6, 6.07) is 5.88. The van der Waals surface area contributed by atoms with Gasteiger partial charge in [0.25, 0.3) is 0 Å². The average Bonchev–Trinajstić information content (AvgIpc) is 2.17. The molecule has 3 N–H and O–H groups in total. The summed E-state index contributed by atoms with van der Waals surface area (Å²) in [4.78, 5) is 10.7. The maximum atomic E-state index is 11.5. The van der Waals surface area contributed by atoms with Gasteiger partial charge in [0.2, 0.25) is 0 Å². The number of benzene rings is 1. The Balaban J connectivity index is 2.90. The third-order valence-electron chi connectivity index (χ3n) is 1.99. The molecule has 88 valence electrons. The molecule has 6 heteroatoms. The summed E-state index contributed by atoms with van der Waals surface area (Å²) in [6.07, 6.45) is 0. The molecule has 5 nitrogen and oxygen atoms in total. The van der Waals surface area contributed by atoms with Crippen LogP contribution in [0.25, 0.3) is 0 Å². The van der Waals surface area contributed by atoms with Crippen LogP contribution in [0, 0.1) is 0 Å². The topological polar surface area (TPSA) is 97.5 Å². The maximum Gasteiger partial charge on any atom is 0.335 e. The summed E-state index contributed by atoms with van der Waals surface area (Å²) < 4.78 is 22.9. The molecule has 1 aromatic carbocycles. The summed E-state index contributed by atoms with van der Waals surface area (Å²) in [5, 5.41) is 8.74. The van der Waals surface area contributed by atoms with E-state index in [4.69, 9.17) is 10.8 Å². The van der Waals surface area contributed by atoms with Crippen molar-refractivity contribution >= 4 is 15.8 Å². The lowest BCUT2D eigenvalue weighted by Gasteiger charge is -2.03. The van der Waals surface area contributed by atoms with Crippen LogP contribution in [0.3, 0.4) is 0 Å². The lowest BCUT2D eigenvalue weighted by atomic mass is 10.1. The Bertz CT molecular complexity index is 481. The van der Waals surface area contributed by atoms with Gasteiger partial charge in [-0.1, -0.05) is 12.1 Å². The Labute approximate surface area is 93.8 Å². The highest BCUT2D eigenvalue weighted by atomic mass is 32.2. The van der Waals surface area contributed by atoms with E-state index in [1.807, 2.05) is 0 Å². The standard InChI is InChI=1S/C10H13NO4S/c11-4-5-16(14,15)7-8-2-1-3-9(6-8)10(12)13/h1-3,6H,4-5,7,11H2,(H,12,13). The Kier molecular flexibility index (Phi) is 4.03. The molecule has 1 rings (SSSR count). The van der Waals surface area contributed by atoms with E-state index in [0.717, 1.165) is 0 Å². The number of hydrogen-bond acceptors (Lipinski definition) is 4. The van der Waals surface area contributed by atoms with Gasteiger partial charge in [0, 0.05) is 6.54 Å². The molecule has 0 aliphatic rings. The molecule has 0 atom stereocenters. The molecule has 0 aromatic heterocycles. The summed E-state index contributed by atoms with van der Waals surface area (Å²) in [5.41, 5.74) is 5.72. The molecule has 0 amide bonds. The van der Waals surface area contributed by atoms with E-state index < -0.39 is 15.8 Å². The van der Waals surface area contributed by atoms with Gasteiger partial charge in [-0.25, -0.2) is 13.2 Å². The number of hydrogen-bond donors (Lipinski definition) is 2. The monoisotopic (exact) mass is 243 g/mol. The number of carbonyl (C=O) groups is 1. The van der Waals surface area contributed by atoms with Gasteiger partial charge in [-0.15, -0.1) is 0 Å². The number of aromatic carboxylic acids is 1. The van der Waals surface area contributed by atoms with Crippen molar-refractivity contribution in [2.45, 2.75) is 5.75 Å². The molecule has 1 aromatic rings. The van der Waals surface area contributed by atoms with E-state index in [-0.39, 0.29) is 23.6 Å². The van der Waals surface area contributed by atoms with E-state index in [1.165, 1.54) is 18.2 Å². The van der Waals surface area contributed by atoms with Crippen molar-refractivity contribution in [2.75, 3.05) is 12.3 Å². The van der Waals surface area contributed by atoms with E-state index in [9.17, 15) is 13.2 Å². The van der Waals surface area contributed by atoms with E-state index in [2.05, 4.69) is 0 Å². The first-order valence-electron chi connectivity index (χ1n) is 4.67. The highest BCUT2D eigenvalue weighted by Crippen LogP contribution is 2.09. The van der Waals surface area contributed by atoms with Crippen LogP contribution in [0.4, 0.5) is 0 Å². The minimum absolute atomic E-state index is 0.0704. The van der Waals surface area contributed by atoms with Gasteiger partial charge in [0.05, 0.1) is 17.1 Å². The third kappa shape index (κ3) is 3.63. The van der Waals surface area contributed by atoms with Crippen molar-refractivity contribution in [3.8, 4) is 0 Å². The van der Waals surface area contributed by atoms with Crippen molar-refractivity contribution in [3.63, 3.8) is 0 Å². The molecular formula is C10H13NO4S. The number of carboxylic acids is 1. The molecule has 0 spiro atoms. The van der Waals surface area contributed by atoms with Gasteiger partial charge in [0.1, 0.15) is 0 Å². The second kappa shape index (κ2) is 5.09. The molecule has 0 bridgehead atoms. The summed E-state index contributed by atoms with van der Waals surface area (Å²) in [5.74, 6) is -1.34. The van der Waals surface area contributed by atoms with Crippen LogP contribution < -0.4 is 5.73 Å². The molecule has 0 aliphatic carbocycles. The normalized spacial score (nSPS) is 11.3. The second-order valence-corrected chi connectivity index (χ2v) is 5.57. The minimum atomic E-state index is -3.25. The fraction of sp³-hybridized carbons (Fsp3) is 0.300. The average molecular weight is 243 g/mol. The molecule has 0 saturated heterocycles. The Morgan fingerprint density at radius 3 is 2.62 bits per heavy atom. The van der Waals surface area contributed by atoms with Crippen LogP contribution >= 0.6 is 0 Å². The van der Waals surface area contributed by atoms with E-state index in [1.54, 1.807) is 6.07 Å². The predicted molar refractivity (Wildman–Crippen MR) is 59.9 cm³/mol. The zero-order valence-corrected chi connectivity index (χ0v) is 9.40. The summed E-state index contributed by atoms with van der Waals surface area (Å²) >= 11 is 0. The molecule has 16 heavy (non-hydrogen) atoms. The fourth-order valence-electron chi connectivity index (χ4n) is 1.30. The Hall–Kier alpha value is -1.40. The summed E-state index contributed by atoms with van der Waals surface area (Å²) in [6.45, 7) is 0.0704. The summed E-state index contributed by atoms with van der Waals surface area (Å²) in [7, 11) is -3.25.